The summed E-state index contributed by atoms with van der Waals surface area (Å²) < 4.78 is 14.9. The Balaban J connectivity index is 2.27. The van der Waals surface area contributed by atoms with Crippen molar-refractivity contribution in [2.24, 2.45) is 0 Å². The first-order valence-electron chi connectivity index (χ1n) is 5.87. The molecule has 0 saturated heterocycles. The summed E-state index contributed by atoms with van der Waals surface area (Å²) in [6, 6.07) is 6.79. The molecular formula is C14H9FN4O. The molecule has 0 bridgehead atoms. The molecule has 0 aromatic carbocycles. The van der Waals surface area contributed by atoms with E-state index in [9.17, 15) is 9.18 Å². The van der Waals surface area contributed by atoms with E-state index in [4.69, 9.17) is 5.26 Å². The highest BCUT2D eigenvalue weighted by Gasteiger charge is 2.09. The summed E-state index contributed by atoms with van der Waals surface area (Å²) in [5.41, 5.74) is 2.08. The number of aromatic nitrogens is 3. The minimum atomic E-state index is -0.468. The fourth-order valence-electron chi connectivity index (χ4n) is 2.12. The number of pyridine rings is 2. The highest BCUT2D eigenvalue weighted by molar-refractivity contribution is 5.68. The van der Waals surface area contributed by atoms with Gasteiger partial charge in [0.2, 0.25) is 5.95 Å². The smallest absolute Gasteiger partial charge is 0.266 e. The van der Waals surface area contributed by atoms with Gasteiger partial charge in [0.1, 0.15) is 17.3 Å². The standard InChI is InChI=1S/C14H9FN4O/c1-8-11(4-10(5-16)14(20)18-8)9-2-3-13-17-6-12(15)19(13)7-9/h2-4,6-7H,1H3,(H,18,20). The number of rotatable bonds is 1. The fourth-order valence-corrected chi connectivity index (χ4v) is 2.12. The van der Waals surface area contributed by atoms with Gasteiger partial charge in [-0.3, -0.25) is 9.20 Å². The first kappa shape index (κ1) is 12.1. The Hall–Kier alpha value is -2.94. The Morgan fingerprint density at radius 2 is 2.25 bits per heavy atom. The van der Waals surface area contributed by atoms with E-state index < -0.39 is 11.5 Å². The molecule has 0 aliphatic carbocycles. The number of nitriles is 1. The second-order valence-corrected chi connectivity index (χ2v) is 4.39. The third-order valence-electron chi connectivity index (χ3n) is 3.13. The van der Waals surface area contributed by atoms with Crippen molar-refractivity contribution in [3.05, 3.63) is 58.2 Å². The van der Waals surface area contributed by atoms with Crippen LogP contribution in [0.25, 0.3) is 16.8 Å². The molecular weight excluding hydrogens is 259 g/mol. The number of nitrogens with one attached hydrogen (secondary N) is 1. The molecule has 98 valence electrons. The number of aromatic amines is 1. The molecule has 0 radical (unpaired) electrons. The minimum Gasteiger partial charge on any atom is -0.325 e. The van der Waals surface area contributed by atoms with E-state index in [-0.39, 0.29) is 5.56 Å². The lowest BCUT2D eigenvalue weighted by Gasteiger charge is -2.07. The van der Waals surface area contributed by atoms with Crippen molar-refractivity contribution in [3.63, 3.8) is 0 Å². The van der Waals surface area contributed by atoms with Gasteiger partial charge in [-0.1, -0.05) is 0 Å². The van der Waals surface area contributed by atoms with Crippen LogP contribution in [0.2, 0.25) is 0 Å². The summed E-state index contributed by atoms with van der Waals surface area (Å²) in [5.74, 6) is -0.468. The molecule has 0 unspecified atom stereocenters. The third kappa shape index (κ3) is 1.77. The topological polar surface area (TPSA) is 73.9 Å². The Labute approximate surface area is 112 Å². The van der Waals surface area contributed by atoms with Crippen LogP contribution in [0.5, 0.6) is 0 Å². The number of nitrogens with zero attached hydrogens (tertiary/aromatic N) is 3. The zero-order chi connectivity index (χ0) is 14.3. The van der Waals surface area contributed by atoms with Crippen molar-refractivity contribution >= 4 is 5.65 Å². The lowest BCUT2D eigenvalue weighted by molar-refractivity contribution is 0.573. The average molecular weight is 268 g/mol. The number of halogens is 1. The van der Waals surface area contributed by atoms with Gasteiger partial charge in [0.25, 0.3) is 5.56 Å². The molecule has 3 aromatic rings. The van der Waals surface area contributed by atoms with E-state index in [1.54, 1.807) is 25.3 Å². The average Bonchev–Trinajstić information content (AvgIpc) is 2.80. The number of fused-ring (bicyclic) bond motifs is 1. The van der Waals surface area contributed by atoms with Crippen molar-refractivity contribution in [2.45, 2.75) is 6.92 Å². The molecule has 0 aliphatic rings. The molecule has 0 aliphatic heterocycles. The van der Waals surface area contributed by atoms with Crippen molar-refractivity contribution in [1.82, 2.24) is 14.4 Å². The zero-order valence-corrected chi connectivity index (χ0v) is 10.5. The first-order chi connectivity index (χ1) is 9.60. The number of hydrogen-bond acceptors (Lipinski definition) is 3. The first-order valence-corrected chi connectivity index (χ1v) is 5.87. The van der Waals surface area contributed by atoms with Gasteiger partial charge in [0.15, 0.2) is 0 Å². The largest absolute Gasteiger partial charge is 0.325 e. The molecule has 6 heteroatoms. The van der Waals surface area contributed by atoms with Crippen LogP contribution in [0.15, 0.2) is 35.4 Å². The Bertz CT molecular complexity index is 917. The summed E-state index contributed by atoms with van der Waals surface area (Å²) in [6.07, 6.45) is 2.72. The van der Waals surface area contributed by atoms with Crippen LogP contribution in [0.3, 0.4) is 0 Å². The molecule has 3 rings (SSSR count). The summed E-state index contributed by atoms with van der Waals surface area (Å²) in [6.45, 7) is 1.73. The summed E-state index contributed by atoms with van der Waals surface area (Å²) in [5, 5.41) is 8.92. The van der Waals surface area contributed by atoms with Gasteiger partial charge in [-0.2, -0.15) is 9.65 Å². The highest BCUT2D eigenvalue weighted by Crippen LogP contribution is 2.22. The normalized spacial score (nSPS) is 10.7. The van der Waals surface area contributed by atoms with Gasteiger partial charge >= 0.3 is 0 Å². The lowest BCUT2D eigenvalue weighted by atomic mass is 10.0. The van der Waals surface area contributed by atoms with E-state index in [1.807, 2.05) is 6.07 Å². The van der Waals surface area contributed by atoms with Gasteiger partial charge < -0.3 is 4.98 Å². The number of aryl methyl sites for hydroxylation is 1. The maximum Gasteiger partial charge on any atom is 0.266 e. The van der Waals surface area contributed by atoms with E-state index in [0.717, 1.165) is 6.20 Å². The Kier molecular flexibility index (Phi) is 2.61. The Morgan fingerprint density at radius 3 is 3.00 bits per heavy atom. The van der Waals surface area contributed by atoms with Gasteiger partial charge in [-0.05, 0) is 25.1 Å². The number of imidazole rings is 1. The second-order valence-electron chi connectivity index (χ2n) is 4.39. The Morgan fingerprint density at radius 1 is 1.45 bits per heavy atom. The fraction of sp³-hybridized carbons (Fsp3) is 0.0714. The lowest BCUT2D eigenvalue weighted by Crippen LogP contribution is -2.12. The molecule has 3 heterocycles. The molecule has 5 nitrogen and oxygen atoms in total. The number of H-pyrrole nitrogens is 1. The minimum absolute atomic E-state index is 0.0248. The van der Waals surface area contributed by atoms with Crippen LogP contribution in [0, 0.1) is 24.2 Å². The van der Waals surface area contributed by atoms with Crippen LogP contribution in [0.1, 0.15) is 11.3 Å². The molecule has 0 saturated carbocycles. The van der Waals surface area contributed by atoms with E-state index in [1.165, 1.54) is 10.5 Å². The summed E-state index contributed by atoms with van der Waals surface area (Å²) in [7, 11) is 0. The van der Waals surface area contributed by atoms with Crippen molar-refractivity contribution in [2.75, 3.05) is 0 Å². The maximum absolute atomic E-state index is 13.5. The predicted octanol–water partition coefficient (Wildman–Crippen LogP) is 2.01. The van der Waals surface area contributed by atoms with E-state index in [0.29, 0.717) is 22.5 Å². The molecule has 0 fully saturated rings. The van der Waals surface area contributed by atoms with Crippen LogP contribution in [-0.2, 0) is 0 Å². The van der Waals surface area contributed by atoms with Crippen LogP contribution < -0.4 is 5.56 Å². The maximum atomic E-state index is 13.5. The molecule has 20 heavy (non-hydrogen) atoms. The van der Waals surface area contributed by atoms with Gasteiger partial charge in [0.05, 0.1) is 6.20 Å². The molecule has 0 spiro atoms. The van der Waals surface area contributed by atoms with E-state index >= 15 is 0 Å². The van der Waals surface area contributed by atoms with Crippen molar-refractivity contribution in [1.29, 1.82) is 5.26 Å². The van der Waals surface area contributed by atoms with Gasteiger partial charge in [-0.25, -0.2) is 4.98 Å². The predicted molar refractivity (Wildman–Crippen MR) is 70.7 cm³/mol. The SMILES string of the molecule is Cc1[nH]c(=O)c(C#N)cc1-c1ccc2ncc(F)n2c1. The molecule has 1 N–H and O–H groups in total. The van der Waals surface area contributed by atoms with Crippen LogP contribution in [-0.4, -0.2) is 14.4 Å². The van der Waals surface area contributed by atoms with E-state index in [2.05, 4.69) is 9.97 Å². The van der Waals surface area contributed by atoms with Gasteiger partial charge in [0, 0.05) is 23.0 Å². The summed E-state index contributed by atoms with van der Waals surface area (Å²) in [4.78, 5) is 18.0. The highest BCUT2D eigenvalue weighted by atomic mass is 19.1. The van der Waals surface area contributed by atoms with Crippen molar-refractivity contribution in [3.8, 4) is 17.2 Å². The quantitative estimate of drug-likeness (QED) is 0.733. The third-order valence-corrected chi connectivity index (χ3v) is 3.13. The van der Waals surface area contributed by atoms with Crippen LogP contribution >= 0.6 is 0 Å². The number of hydrogen-bond donors (Lipinski definition) is 1. The molecule has 0 amide bonds. The zero-order valence-electron chi connectivity index (χ0n) is 10.5. The monoisotopic (exact) mass is 268 g/mol. The van der Waals surface area contributed by atoms with Crippen LogP contribution in [0.4, 0.5) is 4.39 Å². The molecule has 3 aromatic heterocycles. The summed E-state index contributed by atoms with van der Waals surface area (Å²) >= 11 is 0. The second kappa shape index (κ2) is 4.31. The van der Waals surface area contributed by atoms with Gasteiger partial charge in [-0.15, -0.1) is 0 Å². The molecule has 0 atom stereocenters. The van der Waals surface area contributed by atoms with Crippen molar-refractivity contribution < 1.29 is 4.39 Å².